The van der Waals surface area contributed by atoms with E-state index in [4.69, 9.17) is 27.9 Å². The van der Waals surface area contributed by atoms with Gasteiger partial charge in [0.25, 0.3) is 0 Å². The zero-order valence-electron chi connectivity index (χ0n) is 17.9. The molecule has 0 bridgehead atoms. The highest BCUT2D eigenvalue weighted by Crippen LogP contribution is 2.24. The molecular formula is C24H28Cl2N2O3. The highest BCUT2D eigenvalue weighted by Gasteiger charge is 2.28. The average molecular weight is 463 g/mol. The van der Waals surface area contributed by atoms with E-state index in [2.05, 4.69) is 5.32 Å². The molecule has 1 aliphatic rings. The third-order valence-corrected chi connectivity index (χ3v) is 6.46. The molecule has 31 heavy (non-hydrogen) atoms. The topological polar surface area (TPSA) is 58.6 Å². The van der Waals surface area contributed by atoms with E-state index >= 15 is 0 Å². The summed E-state index contributed by atoms with van der Waals surface area (Å²) in [5.74, 6) is 0.466. The molecular weight excluding hydrogens is 435 g/mol. The van der Waals surface area contributed by atoms with Crippen molar-refractivity contribution in [1.82, 2.24) is 10.2 Å². The van der Waals surface area contributed by atoms with Gasteiger partial charge < -0.3 is 15.0 Å². The number of methoxy groups -OCH3 is 1. The van der Waals surface area contributed by atoms with Crippen molar-refractivity contribution in [2.45, 2.75) is 57.7 Å². The van der Waals surface area contributed by atoms with Gasteiger partial charge in [0.2, 0.25) is 11.8 Å². The Balaban J connectivity index is 1.78. The summed E-state index contributed by atoms with van der Waals surface area (Å²) in [6.07, 6.45) is 4.42. The molecule has 2 aromatic carbocycles. The Morgan fingerprint density at radius 3 is 2.32 bits per heavy atom. The van der Waals surface area contributed by atoms with Gasteiger partial charge in [0.1, 0.15) is 11.8 Å². The Morgan fingerprint density at radius 1 is 1.06 bits per heavy atom. The average Bonchev–Trinajstić information content (AvgIpc) is 3.27. The summed E-state index contributed by atoms with van der Waals surface area (Å²) in [7, 11) is 1.60. The highest BCUT2D eigenvalue weighted by atomic mass is 35.5. The molecule has 7 heteroatoms. The van der Waals surface area contributed by atoms with Crippen molar-refractivity contribution >= 4 is 35.0 Å². The van der Waals surface area contributed by atoms with Crippen LogP contribution in [0.1, 0.15) is 43.7 Å². The largest absolute Gasteiger partial charge is 0.497 e. The lowest BCUT2D eigenvalue weighted by atomic mass is 10.1. The molecule has 0 saturated heterocycles. The maximum absolute atomic E-state index is 13.3. The van der Waals surface area contributed by atoms with Crippen LogP contribution >= 0.6 is 23.2 Å². The van der Waals surface area contributed by atoms with Gasteiger partial charge in [-0.05, 0) is 55.2 Å². The van der Waals surface area contributed by atoms with Crippen LogP contribution in [0.5, 0.6) is 5.75 Å². The summed E-state index contributed by atoms with van der Waals surface area (Å²) in [4.78, 5) is 27.8. The molecule has 1 N–H and O–H groups in total. The molecule has 3 rings (SSSR count). The van der Waals surface area contributed by atoms with Crippen LogP contribution < -0.4 is 10.1 Å². The number of hydrogen-bond donors (Lipinski definition) is 1. The SMILES string of the molecule is COc1ccc(CC(=O)N(Cc2ccc(Cl)c(Cl)c2)C(C)C(=O)NC2CCCC2)cc1. The fourth-order valence-corrected chi connectivity index (χ4v) is 4.15. The Kier molecular flexibility index (Phi) is 8.22. The van der Waals surface area contributed by atoms with Crippen LogP contribution in [-0.2, 0) is 22.6 Å². The lowest BCUT2D eigenvalue weighted by Crippen LogP contribution is -2.50. The van der Waals surface area contributed by atoms with Gasteiger partial charge in [0.15, 0.2) is 0 Å². The smallest absolute Gasteiger partial charge is 0.242 e. The minimum atomic E-state index is -0.610. The van der Waals surface area contributed by atoms with Gasteiger partial charge in [-0.15, -0.1) is 0 Å². The van der Waals surface area contributed by atoms with Crippen LogP contribution in [0.25, 0.3) is 0 Å². The second kappa shape index (κ2) is 10.9. The molecule has 0 aliphatic heterocycles. The second-order valence-corrected chi connectivity index (χ2v) is 8.78. The van der Waals surface area contributed by atoms with Crippen LogP contribution in [0.3, 0.4) is 0 Å². The van der Waals surface area contributed by atoms with E-state index in [0.29, 0.717) is 10.0 Å². The standard InChI is InChI=1S/C24H28Cl2N2O3/c1-16(24(30)27-19-5-3-4-6-19)28(15-18-9-12-21(25)22(26)13-18)23(29)14-17-7-10-20(31-2)11-8-17/h7-13,16,19H,3-6,14-15H2,1-2H3,(H,27,30). The van der Waals surface area contributed by atoms with Crippen molar-refractivity contribution < 1.29 is 14.3 Å². The quantitative estimate of drug-likeness (QED) is 0.598. The van der Waals surface area contributed by atoms with Crippen LogP contribution in [-0.4, -0.2) is 35.9 Å². The Bertz CT molecular complexity index is 912. The number of benzene rings is 2. The maximum Gasteiger partial charge on any atom is 0.242 e. The lowest BCUT2D eigenvalue weighted by Gasteiger charge is -2.30. The molecule has 1 atom stereocenters. The van der Waals surface area contributed by atoms with Gasteiger partial charge in [-0.3, -0.25) is 9.59 Å². The molecule has 1 fully saturated rings. The van der Waals surface area contributed by atoms with Crippen molar-refractivity contribution in [3.8, 4) is 5.75 Å². The molecule has 1 aliphatic carbocycles. The van der Waals surface area contributed by atoms with E-state index in [9.17, 15) is 9.59 Å². The summed E-state index contributed by atoms with van der Waals surface area (Å²) in [5, 5.41) is 3.98. The lowest BCUT2D eigenvalue weighted by molar-refractivity contribution is -0.140. The fraction of sp³-hybridized carbons (Fsp3) is 0.417. The van der Waals surface area contributed by atoms with Crippen LogP contribution in [0.2, 0.25) is 10.0 Å². The zero-order chi connectivity index (χ0) is 22.4. The van der Waals surface area contributed by atoms with E-state index in [0.717, 1.165) is 42.6 Å². The zero-order valence-corrected chi connectivity index (χ0v) is 19.4. The predicted molar refractivity (Wildman–Crippen MR) is 124 cm³/mol. The number of carbonyl (C=O) groups excluding carboxylic acids is 2. The summed E-state index contributed by atoms with van der Waals surface area (Å²) >= 11 is 12.2. The molecule has 2 amide bonds. The van der Waals surface area contributed by atoms with Crippen LogP contribution in [0.4, 0.5) is 0 Å². The monoisotopic (exact) mass is 462 g/mol. The molecule has 1 unspecified atom stereocenters. The van der Waals surface area contributed by atoms with Crippen LogP contribution in [0.15, 0.2) is 42.5 Å². The molecule has 166 valence electrons. The van der Waals surface area contributed by atoms with E-state index < -0.39 is 6.04 Å². The van der Waals surface area contributed by atoms with Gasteiger partial charge in [-0.2, -0.15) is 0 Å². The molecule has 2 aromatic rings. The van der Waals surface area contributed by atoms with Crippen molar-refractivity contribution in [2.24, 2.45) is 0 Å². The molecule has 0 spiro atoms. The number of halogens is 2. The van der Waals surface area contributed by atoms with E-state index in [1.54, 1.807) is 31.1 Å². The first-order valence-electron chi connectivity index (χ1n) is 10.5. The number of rotatable bonds is 8. The maximum atomic E-state index is 13.3. The van der Waals surface area contributed by atoms with E-state index in [-0.39, 0.29) is 30.8 Å². The van der Waals surface area contributed by atoms with Crippen LogP contribution in [0, 0.1) is 0 Å². The molecule has 0 radical (unpaired) electrons. The summed E-state index contributed by atoms with van der Waals surface area (Å²) in [6.45, 7) is 2.04. The Morgan fingerprint density at radius 2 is 1.71 bits per heavy atom. The Hall–Kier alpha value is -2.24. The first kappa shape index (κ1) is 23.4. The van der Waals surface area contributed by atoms with Gasteiger partial charge >= 0.3 is 0 Å². The first-order valence-corrected chi connectivity index (χ1v) is 11.3. The van der Waals surface area contributed by atoms with Crippen molar-refractivity contribution in [3.05, 3.63) is 63.6 Å². The number of nitrogens with one attached hydrogen (secondary N) is 1. The normalized spacial score (nSPS) is 14.8. The predicted octanol–water partition coefficient (Wildman–Crippen LogP) is 5.02. The Labute approximate surface area is 193 Å². The molecule has 1 saturated carbocycles. The summed E-state index contributed by atoms with van der Waals surface area (Å²) in [5.41, 5.74) is 1.67. The van der Waals surface area contributed by atoms with Crippen molar-refractivity contribution in [1.29, 1.82) is 0 Å². The molecule has 5 nitrogen and oxygen atoms in total. The van der Waals surface area contributed by atoms with Crippen molar-refractivity contribution in [3.63, 3.8) is 0 Å². The minimum absolute atomic E-state index is 0.130. The number of amides is 2. The number of hydrogen-bond acceptors (Lipinski definition) is 3. The van der Waals surface area contributed by atoms with Crippen molar-refractivity contribution in [2.75, 3.05) is 7.11 Å². The fourth-order valence-electron chi connectivity index (χ4n) is 3.83. The number of carbonyl (C=O) groups is 2. The summed E-state index contributed by atoms with van der Waals surface area (Å²) < 4.78 is 5.18. The van der Waals surface area contributed by atoms with E-state index in [1.165, 1.54) is 0 Å². The number of nitrogens with zero attached hydrogens (tertiary/aromatic N) is 1. The minimum Gasteiger partial charge on any atom is -0.497 e. The second-order valence-electron chi connectivity index (χ2n) is 7.96. The van der Waals surface area contributed by atoms with Gasteiger partial charge in [-0.25, -0.2) is 0 Å². The summed E-state index contributed by atoms with van der Waals surface area (Å²) in [6, 6.07) is 12.2. The van der Waals surface area contributed by atoms with Gasteiger partial charge in [0, 0.05) is 12.6 Å². The first-order chi connectivity index (χ1) is 14.9. The third kappa shape index (κ3) is 6.37. The van der Waals surface area contributed by atoms with Gasteiger partial charge in [0.05, 0.1) is 23.6 Å². The third-order valence-electron chi connectivity index (χ3n) is 5.72. The number of ether oxygens (including phenoxy) is 1. The molecule has 0 heterocycles. The van der Waals surface area contributed by atoms with Gasteiger partial charge in [-0.1, -0.05) is 54.2 Å². The molecule has 0 aromatic heterocycles. The highest BCUT2D eigenvalue weighted by molar-refractivity contribution is 6.42. The van der Waals surface area contributed by atoms with E-state index in [1.807, 2.05) is 30.3 Å².